The predicted molar refractivity (Wildman–Crippen MR) is 93.9 cm³/mol. The molecule has 1 aromatic heterocycles. The molecular formula is C18H19N3O2S. The van der Waals surface area contributed by atoms with Gasteiger partial charge in [0.15, 0.2) is 5.13 Å². The summed E-state index contributed by atoms with van der Waals surface area (Å²) in [6.45, 7) is 0. The molecular weight excluding hydrogens is 322 g/mol. The second kappa shape index (κ2) is 7.02. The first-order chi connectivity index (χ1) is 11.7. The zero-order valence-electron chi connectivity index (χ0n) is 13.5. The van der Waals surface area contributed by atoms with Crippen LogP contribution in [0.4, 0.5) is 5.13 Å². The van der Waals surface area contributed by atoms with E-state index in [1.54, 1.807) is 7.11 Å². The topological polar surface area (TPSA) is 75.0 Å². The summed E-state index contributed by atoms with van der Waals surface area (Å²) in [5, 5.41) is 14.7. The summed E-state index contributed by atoms with van der Waals surface area (Å²) in [5.41, 5.74) is 0.723. The number of benzene rings is 1. The fourth-order valence-corrected chi connectivity index (χ4v) is 3.78. The number of carbonyl (C=O) groups is 1. The van der Waals surface area contributed by atoms with Gasteiger partial charge in [-0.15, -0.1) is 11.3 Å². The standard InChI is InChI=1S/C18H19N3O2S/c1-23-15-8-4-3-7-13(15)14-11-24-17(20-14)21-16(22)18(12-19)9-5-2-6-10-18/h3-4,7-8,11H,2,5-6,9-10H2,1H3,(H,20,21,22). The first-order valence-corrected chi connectivity index (χ1v) is 8.88. The molecule has 1 N–H and O–H groups in total. The van der Waals surface area contributed by atoms with Crippen LogP contribution in [-0.4, -0.2) is 18.0 Å². The molecule has 0 atom stereocenters. The van der Waals surface area contributed by atoms with Crippen LogP contribution in [0.1, 0.15) is 32.1 Å². The number of rotatable bonds is 4. The van der Waals surface area contributed by atoms with Crippen molar-refractivity contribution in [2.24, 2.45) is 5.41 Å². The summed E-state index contributed by atoms with van der Waals surface area (Å²) >= 11 is 1.36. The number of anilines is 1. The Hall–Kier alpha value is -2.39. The molecule has 0 saturated heterocycles. The average Bonchev–Trinajstić information content (AvgIpc) is 3.10. The number of methoxy groups -OCH3 is 1. The molecule has 5 nitrogen and oxygen atoms in total. The highest BCUT2D eigenvalue weighted by molar-refractivity contribution is 7.14. The van der Waals surface area contributed by atoms with Crippen LogP contribution in [0.2, 0.25) is 0 Å². The fourth-order valence-electron chi connectivity index (χ4n) is 3.07. The second-order valence-corrected chi connectivity index (χ2v) is 6.80. The van der Waals surface area contributed by atoms with E-state index in [2.05, 4.69) is 16.4 Å². The third kappa shape index (κ3) is 3.13. The van der Waals surface area contributed by atoms with Gasteiger partial charge in [0.2, 0.25) is 5.91 Å². The van der Waals surface area contributed by atoms with Gasteiger partial charge in [-0.25, -0.2) is 4.98 Å². The van der Waals surface area contributed by atoms with Gasteiger partial charge in [-0.05, 0) is 25.0 Å². The van der Waals surface area contributed by atoms with Gasteiger partial charge in [-0.3, -0.25) is 4.79 Å². The Balaban J connectivity index is 1.79. The van der Waals surface area contributed by atoms with Gasteiger partial charge in [-0.2, -0.15) is 5.26 Å². The molecule has 3 rings (SSSR count). The number of hydrogen-bond donors (Lipinski definition) is 1. The van der Waals surface area contributed by atoms with Gasteiger partial charge in [-0.1, -0.05) is 31.4 Å². The van der Waals surface area contributed by atoms with Crippen molar-refractivity contribution in [2.75, 3.05) is 12.4 Å². The van der Waals surface area contributed by atoms with Crippen molar-refractivity contribution < 1.29 is 9.53 Å². The van der Waals surface area contributed by atoms with Crippen LogP contribution in [0.3, 0.4) is 0 Å². The van der Waals surface area contributed by atoms with Gasteiger partial charge in [0, 0.05) is 10.9 Å². The van der Waals surface area contributed by atoms with E-state index < -0.39 is 5.41 Å². The smallest absolute Gasteiger partial charge is 0.246 e. The quantitative estimate of drug-likeness (QED) is 0.903. The maximum absolute atomic E-state index is 12.6. The van der Waals surface area contributed by atoms with Crippen molar-refractivity contribution in [2.45, 2.75) is 32.1 Å². The van der Waals surface area contributed by atoms with Crippen LogP contribution >= 0.6 is 11.3 Å². The maximum atomic E-state index is 12.6. The summed E-state index contributed by atoms with van der Waals surface area (Å²) < 4.78 is 5.35. The van der Waals surface area contributed by atoms with Crippen LogP contribution in [0, 0.1) is 16.7 Å². The Labute approximate surface area is 145 Å². The van der Waals surface area contributed by atoms with Crippen molar-refractivity contribution in [3.8, 4) is 23.1 Å². The maximum Gasteiger partial charge on any atom is 0.246 e. The van der Waals surface area contributed by atoms with Gasteiger partial charge in [0.1, 0.15) is 11.2 Å². The summed E-state index contributed by atoms with van der Waals surface area (Å²) in [5.74, 6) is 0.507. The summed E-state index contributed by atoms with van der Waals surface area (Å²) in [7, 11) is 1.62. The number of ether oxygens (including phenoxy) is 1. The molecule has 0 spiro atoms. The number of amides is 1. The molecule has 124 valence electrons. The molecule has 2 aromatic rings. The third-order valence-corrected chi connectivity index (χ3v) is 5.22. The SMILES string of the molecule is COc1ccccc1-c1csc(NC(=O)C2(C#N)CCCCC2)n1. The van der Waals surface area contributed by atoms with E-state index in [0.717, 1.165) is 36.3 Å². The largest absolute Gasteiger partial charge is 0.496 e. The molecule has 1 aromatic carbocycles. The summed E-state index contributed by atoms with van der Waals surface area (Å²) in [4.78, 5) is 17.1. The Bertz CT molecular complexity index is 773. The molecule has 1 aliphatic rings. The number of aromatic nitrogens is 1. The van der Waals surface area contributed by atoms with Gasteiger partial charge < -0.3 is 10.1 Å². The van der Waals surface area contributed by atoms with E-state index in [-0.39, 0.29) is 5.91 Å². The van der Waals surface area contributed by atoms with E-state index in [0.29, 0.717) is 18.0 Å². The molecule has 1 fully saturated rings. The van der Waals surface area contributed by atoms with Gasteiger partial charge >= 0.3 is 0 Å². The second-order valence-electron chi connectivity index (χ2n) is 5.95. The van der Waals surface area contributed by atoms with Crippen LogP contribution in [0.15, 0.2) is 29.6 Å². The highest BCUT2D eigenvalue weighted by Crippen LogP contribution is 2.38. The van der Waals surface area contributed by atoms with Crippen LogP contribution in [-0.2, 0) is 4.79 Å². The van der Waals surface area contributed by atoms with E-state index >= 15 is 0 Å². The first-order valence-electron chi connectivity index (χ1n) is 8.00. The minimum atomic E-state index is -0.908. The normalized spacial score (nSPS) is 16.2. The summed E-state index contributed by atoms with van der Waals surface area (Å²) in [6, 6.07) is 9.86. The number of thiazole rings is 1. The number of carbonyl (C=O) groups excluding carboxylic acids is 1. The van der Waals surface area contributed by atoms with E-state index in [1.807, 2.05) is 29.6 Å². The average molecular weight is 341 g/mol. The van der Waals surface area contributed by atoms with Crippen molar-refractivity contribution >= 4 is 22.4 Å². The molecule has 0 bridgehead atoms. The number of para-hydroxylation sites is 1. The Morgan fingerprint density at radius 1 is 1.33 bits per heavy atom. The molecule has 24 heavy (non-hydrogen) atoms. The molecule has 0 unspecified atom stereocenters. The van der Waals surface area contributed by atoms with E-state index in [1.165, 1.54) is 11.3 Å². The zero-order chi connectivity index (χ0) is 17.0. The minimum absolute atomic E-state index is 0.231. The third-order valence-electron chi connectivity index (χ3n) is 4.46. The number of nitrogens with one attached hydrogen (secondary N) is 1. The Kier molecular flexibility index (Phi) is 4.81. The van der Waals surface area contributed by atoms with Gasteiger partial charge in [0.25, 0.3) is 0 Å². The zero-order valence-corrected chi connectivity index (χ0v) is 14.4. The molecule has 6 heteroatoms. The number of nitrogens with zero attached hydrogens (tertiary/aromatic N) is 2. The van der Waals surface area contributed by atoms with Crippen molar-refractivity contribution in [3.63, 3.8) is 0 Å². The predicted octanol–water partition coefficient (Wildman–Crippen LogP) is 4.23. The highest BCUT2D eigenvalue weighted by Gasteiger charge is 2.40. The lowest BCUT2D eigenvalue weighted by Crippen LogP contribution is -2.36. The molecule has 0 radical (unpaired) electrons. The van der Waals surface area contributed by atoms with Crippen LogP contribution < -0.4 is 10.1 Å². The summed E-state index contributed by atoms with van der Waals surface area (Å²) in [6.07, 6.45) is 4.18. The highest BCUT2D eigenvalue weighted by atomic mass is 32.1. The molecule has 1 saturated carbocycles. The van der Waals surface area contributed by atoms with Crippen molar-refractivity contribution in [1.82, 2.24) is 4.98 Å². The lowest BCUT2D eigenvalue weighted by molar-refractivity contribution is -0.124. The monoisotopic (exact) mass is 341 g/mol. The number of nitriles is 1. The molecule has 1 aliphatic carbocycles. The molecule has 1 heterocycles. The molecule has 1 amide bonds. The minimum Gasteiger partial charge on any atom is -0.496 e. The van der Waals surface area contributed by atoms with Crippen LogP contribution in [0.25, 0.3) is 11.3 Å². The van der Waals surface area contributed by atoms with E-state index in [4.69, 9.17) is 4.74 Å². The first kappa shape index (κ1) is 16.5. The van der Waals surface area contributed by atoms with Gasteiger partial charge in [0.05, 0.1) is 18.9 Å². The fraction of sp³-hybridized carbons (Fsp3) is 0.389. The van der Waals surface area contributed by atoms with Crippen molar-refractivity contribution in [3.05, 3.63) is 29.6 Å². The number of hydrogen-bond acceptors (Lipinski definition) is 5. The Morgan fingerprint density at radius 3 is 2.79 bits per heavy atom. The Morgan fingerprint density at radius 2 is 2.08 bits per heavy atom. The lowest BCUT2D eigenvalue weighted by atomic mass is 9.74. The van der Waals surface area contributed by atoms with Crippen LogP contribution in [0.5, 0.6) is 5.75 Å². The van der Waals surface area contributed by atoms with E-state index in [9.17, 15) is 10.1 Å². The molecule has 0 aliphatic heterocycles. The lowest BCUT2D eigenvalue weighted by Gasteiger charge is -2.28. The van der Waals surface area contributed by atoms with Crippen molar-refractivity contribution in [1.29, 1.82) is 5.26 Å².